The third kappa shape index (κ3) is 3.08. The molecule has 0 atom stereocenters. The van der Waals surface area contributed by atoms with Crippen LogP contribution in [-0.2, 0) is 6.54 Å². The van der Waals surface area contributed by atoms with Crippen LogP contribution in [0.1, 0.15) is 11.1 Å². The predicted octanol–water partition coefficient (Wildman–Crippen LogP) is 4.15. The molecule has 6 heteroatoms. The topological polar surface area (TPSA) is 45.2 Å². The van der Waals surface area contributed by atoms with Crippen LogP contribution in [0.15, 0.2) is 24.3 Å². The second kappa shape index (κ2) is 5.63. The van der Waals surface area contributed by atoms with Gasteiger partial charge in [-0.25, -0.2) is 9.37 Å². The Kier molecular flexibility index (Phi) is 4.12. The highest BCUT2D eigenvalue weighted by atomic mass is 35.5. The summed E-state index contributed by atoms with van der Waals surface area (Å²) in [7, 11) is 0. The van der Waals surface area contributed by atoms with Crippen LogP contribution >= 0.6 is 23.2 Å². The van der Waals surface area contributed by atoms with Crippen LogP contribution in [-0.4, -0.2) is 10.1 Å². The minimum atomic E-state index is -0.656. The number of hydrogen-bond acceptors (Lipinski definition) is 3. The Balaban J connectivity index is 2.22. The molecule has 1 heterocycles. The second-order valence-electron chi connectivity index (χ2n) is 4.03. The number of halogens is 3. The van der Waals surface area contributed by atoms with Gasteiger partial charge in [-0.2, -0.15) is 0 Å². The number of anilines is 1. The van der Waals surface area contributed by atoms with E-state index in [-0.39, 0.29) is 17.4 Å². The van der Waals surface area contributed by atoms with Crippen molar-refractivity contribution in [1.82, 2.24) is 4.98 Å². The molecule has 0 aliphatic carbocycles. The number of rotatable bonds is 3. The van der Waals surface area contributed by atoms with Crippen molar-refractivity contribution in [1.29, 1.82) is 0 Å². The van der Waals surface area contributed by atoms with Gasteiger partial charge in [-0.15, -0.1) is 0 Å². The average molecular weight is 301 g/mol. The molecule has 0 fully saturated rings. The molecule has 2 rings (SSSR count). The van der Waals surface area contributed by atoms with Crippen molar-refractivity contribution < 1.29 is 9.50 Å². The van der Waals surface area contributed by atoms with Gasteiger partial charge in [-0.1, -0.05) is 35.3 Å². The number of nitrogens with one attached hydrogen (secondary N) is 1. The summed E-state index contributed by atoms with van der Waals surface area (Å²) in [4.78, 5) is 3.92. The van der Waals surface area contributed by atoms with E-state index in [1.54, 1.807) is 12.1 Å². The Morgan fingerprint density at radius 1 is 1.37 bits per heavy atom. The van der Waals surface area contributed by atoms with Crippen LogP contribution in [0.2, 0.25) is 10.3 Å². The minimum absolute atomic E-state index is 0.230. The number of phenolic OH excluding ortho intramolecular Hbond substituents is 1. The number of aromatic nitrogens is 1. The minimum Gasteiger partial charge on any atom is -0.505 e. The summed E-state index contributed by atoms with van der Waals surface area (Å²) in [6, 6.07) is 6.01. The third-order valence-corrected chi connectivity index (χ3v) is 3.13. The first kappa shape index (κ1) is 13.9. The third-order valence-electron chi connectivity index (χ3n) is 2.67. The quantitative estimate of drug-likeness (QED) is 0.837. The summed E-state index contributed by atoms with van der Waals surface area (Å²) in [5.41, 5.74) is 1.86. The zero-order valence-corrected chi connectivity index (χ0v) is 11.6. The smallest absolute Gasteiger partial charge is 0.165 e. The summed E-state index contributed by atoms with van der Waals surface area (Å²) in [5.74, 6) is -1.03. The van der Waals surface area contributed by atoms with Crippen LogP contribution < -0.4 is 5.32 Å². The number of benzene rings is 1. The van der Waals surface area contributed by atoms with Crippen LogP contribution in [0, 0.1) is 12.7 Å². The lowest BCUT2D eigenvalue weighted by atomic mass is 10.2. The van der Waals surface area contributed by atoms with Gasteiger partial charge in [-0.05, 0) is 24.6 Å². The Morgan fingerprint density at radius 2 is 2.11 bits per heavy atom. The van der Waals surface area contributed by atoms with E-state index in [2.05, 4.69) is 10.3 Å². The lowest BCUT2D eigenvalue weighted by molar-refractivity contribution is 0.427. The Hall–Kier alpha value is -1.52. The molecule has 0 aliphatic heterocycles. The fraction of sp³-hybridized carbons (Fsp3) is 0.154. The van der Waals surface area contributed by atoms with Gasteiger partial charge in [0.2, 0.25) is 0 Å². The number of aromatic hydroxyl groups is 1. The SMILES string of the molecule is Cc1cc(Cl)nc(Cl)c1NCc1cccc(F)c1O. The molecule has 3 nitrogen and oxygen atoms in total. The number of phenols is 1. The van der Waals surface area contributed by atoms with Gasteiger partial charge in [-0.3, -0.25) is 0 Å². The van der Waals surface area contributed by atoms with Gasteiger partial charge in [0.25, 0.3) is 0 Å². The molecule has 0 saturated heterocycles. The summed E-state index contributed by atoms with van der Waals surface area (Å²) < 4.78 is 13.2. The monoisotopic (exact) mass is 300 g/mol. The summed E-state index contributed by atoms with van der Waals surface area (Å²) >= 11 is 11.7. The lowest BCUT2D eigenvalue weighted by Crippen LogP contribution is -2.03. The standard InChI is InChI=1S/C13H11Cl2FN2O/c1-7-5-10(14)18-13(15)11(7)17-6-8-3-2-4-9(16)12(8)19/h2-5,17,19H,6H2,1H3. The van der Waals surface area contributed by atoms with E-state index in [1.165, 1.54) is 12.1 Å². The molecule has 0 spiro atoms. The molecule has 0 unspecified atom stereocenters. The molecule has 0 bridgehead atoms. The summed E-state index contributed by atoms with van der Waals surface area (Å²) in [6.07, 6.45) is 0. The van der Waals surface area contributed by atoms with Crippen molar-refractivity contribution in [3.05, 3.63) is 51.5 Å². The molecule has 0 amide bonds. The van der Waals surface area contributed by atoms with Crippen molar-refractivity contribution >= 4 is 28.9 Å². The van der Waals surface area contributed by atoms with Crippen LogP contribution in [0.25, 0.3) is 0 Å². The van der Waals surface area contributed by atoms with Crippen molar-refractivity contribution in [2.45, 2.75) is 13.5 Å². The fourth-order valence-corrected chi connectivity index (χ4v) is 2.29. The van der Waals surface area contributed by atoms with E-state index in [4.69, 9.17) is 23.2 Å². The maximum absolute atomic E-state index is 13.2. The molecule has 19 heavy (non-hydrogen) atoms. The van der Waals surface area contributed by atoms with E-state index in [9.17, 15) is 9.50 Å². The molecule has 1 aromatic carbocycles. The van der Waals surface area contributed by atoms with Crippen LogP contribution in [0.3, 0.4) is 0 Å². The normalized spacial score (nSPS) is 10.5. The summed E-state index contributed by atoms with van der Waals surface area (Å²) in [5, 5.41) is 13.1. The Morgan fingerprint density at radius 3 is 2.79 bits per heavy atom. The maximum Gasteiger partial charge on any atom is 0.165 e. The largest absolute Gasteiger partial charge is 0.505 e. The van der Waals surface area contributed by atoms with E-state index in [0.29, 0.717) is 16.4 Å². The zero-order chi connectivity index (χ0) is 14.0. The number of nitrogens with zero attached hydrogens (tertiary/aromatic N) is 1. The van der Waals surface area contributed by atoms with E-state index >= 15 is 0 Å². The molecular weight excluding hydrogens is 290 g/mol. The van der Waals surface area contributed by atoms with E-state index < -0.39 is 5.82 Å². The second-order valence-corrected chi connectivity index (χ2v) is 4.77. The Labute approximate surface area is 120 Å². The van der Waals surface area contributed by atoms with Crippen LogP contribution in [0.4, 0.5) is 10.1 Å². The van der Waals surface area contributed by atoms with Gasteiger partial charge >= 0.3 is 0 Å². The average Bonchev–Trinajstić information content (AvgIpc) is 2.33. The predicted molar refractivity (Wildman–Crippen MR) is 74.4 cm³/mol. The van der Waals surface area contributed by atoms with E-state index in [0.717, 1.165) is 5.56 Å². The van der Waals surface area contributed by atoms with Crippen molar-refractivity contribution in [2.24, 2.45) is 0 Å². The van der Waals surface area contributed by atoms with Crippen molar-refractivity contribution in [3.8, 4) is 5.75 Å². The molecule has 0 radical (unpaired) electrons. The van der Waals surface area contributed by atoms with E-state index in [1.807, 2.05) is 6.92 Å². The summed E-state index contributed by atoms with van der Waals surface area (Å²) in [6.45, 7) is 2.06. The van der Waals surface area contributed by atoms with Gasteiger partial charge < -0.3 is 10.4 Å². The van der Waals surface area contributed by atoms with Gasteiger partial charge in [0.1, 0.15) is 5.15 Å². The van der Waals surface area contributed by atoms with Crippen molar-refractivity contribution in [3.63, 3.8) is 0 Å². The lowest BCUT2D eigenvalue weighted by Gasteiger charge is -2.12. The zero-order valence-electron chi connectivity index (χ0n) is 10.0. The number of pyridine rings is 1. The molecule has 0 aliphatic rings. The molecule has 1 aromatic heterocycles. The van der Waals surface area contributed by atoms with Crippen LogP contribution in [0.5, 0.6) is 5.75 Å². The molecule has 100 valence electrons. The first-order valence-corrected chi connectivity index (χ1v) is 6.27. The highest BCUT2D eigenvalue weighted by Crippen LogP contribution is 2.28. The molecule has 0 saturated carbocycles. The maximum atomic E-state index is 13.2. The Bertz CT molecular complexity index is 597. The fourth-order valence-electron chi connectivity index (χ4n) is 1.69. The molecular formula is C13H11Cl2FN2O. The van der Waals surface area contributed by atoms with Gasteiger partial charge in [0, 0.05) is 12.1 Å². The number of para-hydroxylation sites is 1. The highest BCUT2D eigenvalue weighted by Gasteiger charge is 2.10. The van der Waals surface area contributed by atoms with Gasteiger partial charge in [0.05, 0.1) is 5.69 Å². The van der Waals surface area contributed by atoms with Crippen molar-refractivity contribution in [2.75, 3.05) is 5.32 Å². The first-order valence-electron chi connectivity index (χ1n) is 5.52. The number of aryl methyl sites for hydroxylation is 1. The van der Waals surface area contributed by atoms with Gasteiger partial charge in [0.15, 0.2) is 16.7 Å². The molecule has 2 N–H and O–H groups in total. The highest BCUT2D eigenvalue weighted by molar-refractivity contribution is 6.34. The molecule has 2 aromatic rings. The first-order chi connectivity index (χ1) is 8.99. The number of hydrogen-bond donors (Lipinski definition) is 2.